The molecule has 1 aromatic carbocycles. The molecule has 0 saturated heterocycles. The van der Waals surface area contributed by atoms with Crippen molar-refractivity contribution in [1.82, 2.24) is 15.2 Å². The molecule has 0 amide bonds. The lowest BCUT2D eigenvalue weighted by atomic mass is 10.1. The minimum absolute atomic E-state index is 0.667. The van der Waals surface area contributed by atoms with Crippen LogP contribution in [-0.2, 0) is 6.42 Å². The second-order valence-corrected chi connectivity index (χ2v) is 3.07. The van der Waals surface area contributed by atoms with Crippen molar-refractivity contribution < 1.29 is 0 Å². The van der Waals surface area contributed by atoms with Crippen LogP contribution in [0.1, 0.15) is 5.56 Å². The van der Waals surface area contributed by atoms with Gasteiger partial charge in [0, 0.05) is 5.56 Å². The van der Waals surface area contributed by atoms with Gasteiger partial charge in [0.05, 0.1) is 0 Å². The van der Waals surface area contributed by atoms with Gasteiger partial charge in [-0.2, -0.15) is 5.10 Å². The van der Waals surface area contributed by atoms with E-state index in [4.69, 9.17) is 5.73 Å². The maximum atomic E-state index is 5.49. The summed E-state index contributed by atoms with van der Waals surface area (Å²) in [6.07, 6.45) is 2.40. The van der Waals surface area contributed by atoms with Crippen LogP contribution in [0.2, 0.25) is 0 Å². The van der Waals surface area contributed by atoms with E-state index in [1.165, 1.54) is 11.9 Å². The van der Waals surface area contributed by atoms with Gasteiger partial charge >= 0.3 is 0 Å². The summed E-state index contributed by atoms with van der Waals surface area (Å²) in [5, 5.41) is 6.64. The number of rotatable bonds is 3. The van der Waals surface area contributed by atoms with Crippen molar-refractivity contribution in [3.05, 3.63) is 36.2 Å². The number of hydrogen-bond donors (Lipinski definition) is 2. The lowest BCUT2D eigenvalue weighted by Crippen LogP contribution is -2.02. The van der Waals surface area contributed by atoms with E-state index >= 15 is 0 Å². The number of H-pyrrole nitrogens is 1. The van der Waals surface area contributed by atoms with Crippen LogP contribution in [0.3, 0.4) is 0 Å². The molecule has 0 aliphatic rings. The number of aromatic nitrogens is 3. The van der Waals surface area contributed by atoms with Crippen molar-refractivity contribution in [1.29, 1.82) is 0 Å². The molecule has 72 valence electrons. The molecule has 0 aliphatic carbocycles. The molecular weight excluding hydrogens is 176 g/mol. The van der Waals surface area contributed by atoms with Gasteiger partial charge in [-0.1, -0.05) is 18.2 Å². The second kappa shape index (κ2) is 4.02. The Morgan fingerprint density at radius 2 is 2.29 bits per heavy atom. The Bertz CT molecular complexity index is 394. The smallest absolute Gasteiger partial charge is 0.155 e. The van der Waals surface area contributed by atoms with Crippen molar-refractivity contribution in [2.24, 2.45) is 5.73 Å². The van der Waals surface area contributed by atoms with Gasteiger partial charge in [0.15, 0.2) is 5.82 Å². The Balaban J connectivity index is 2.31. The number of aromatic amines is 1. The Labute approximate surface area is 82.2 Å². The predicted molar refractivity (Wildman–Crippen MR) is 54.6 cm³/mol. The summed E-state index contributed by atoms with van der Waals surface area (Å²) in [6.45, 7) is 0.667. The highest BCUT2D eigenvalue weighted by Crippen LogP contribution is 2.15. The third-order valence-electron chi connectivity index (χ3n) is 2.05. The lowest BCUT2D eigenvalue weighted by Gasteiger charge is -2.00. The summed E-state index contributed by atoms with van der Waals surface area (Å²) in [6, 6.07) is 8.14. The van der Waals surface area contributed by atoms with Gasteiger partial charge in [-0.05, 0) is 24.6 Å². The molecule has 1 heterocycles. The van der Waals surface area contributed by atoms with Crippen molar-refractivity contribution in [2.75, 3.05) is 6.54 Å². The molecule has 4 heteroatoms. The first-order chi connectivity index (χ1) is 6.90. The maximum absolute atomic E-state index is 5.49. The van der Waals surface area contributed by atoms with E-state index < -0.39 is 0 Å². The number of nitrogens with two attached hydrogens (primary N) is 1. The molecule has 0 unspecified atom stereocenters. The van der Waals surface area contributed by atoms with Gasteiger partial charge in [-0.3, -0.25) is 5.10 Å². The summed E-state index contributed by atoms with van der Waals surface area (Å²) in [5.74, 6) is 0.795. The quantitative estimate of drug-likeness (QED) is 0.754. The highest BCUT2D eigenvalue weighted by atomic mass is 15.2. The Morgan fingerprint density at radius 3 is 3.00 bits per heavy atom. The first kappa shape index (κ1) is 8.90. The van der Waals surface area contributed by atoms with Crippen LogP contribution in [0.25, 0.3) is 11.4 Å². The average Bonchev–Trinajstić information content (AvgIpc) is 2.71. The molecule has 1 aromatic heterocycles. The normalized spacial score (nSPS) is 10.4. The first-order valence-electron chi connectivity index (χ1n) is 4.55. The highest BCUT2D eigenvalue weighted by Gasteiger charge is 2.00. The van der Waals surface area contributed by atoms with E-state index in [0.717, 1.165) is 17.8 Å². The molecule has 2 aromatic rings. The van der Waals surface area contributed by atoms with Crippen LogP contribution < -0.4 is 5.73 Å². The second-order valence-electron chi connectivity index (χ2n) is 3.07. The van der Waals surface area contributed by atoms with E-state index in [2.05, 4.69) is 27.3 Å². The maximum Gasteiger partial charge on any atom is 0.155 e. The summed E-state index contributed by atoms with van der Waals surface area (Å²) >= 11 is 0. The minimum atomic E-state index is 0.667. The molecular formula is C10H12N4. The number of nitrogens with zero attached hydrogens (tertiary/aromatic N) is 2. The molecule has 14 heavy (non-hydrogen) atoms. The van der Waals surface area contributed by atoms with E-state index in [1.54, 1.807) is 0 Å². The topological polar surface area (TPSA) is 67.6 Å². The average molecular weight is 188 g/mol. The van der Waals surface area contributed by atoms with Gasteiger partial charge in [-0.15, -0.1) is 0 Å². The summed E-state index contributed by atoms with van der Waals surface area (Å²) < 4.78 is 0. The molecule has 3 N–H and O–H groups in total. The van der Waals surface area contributed by atoms with E-state index in [1.807, 2.05) is 12.1 Å². The minimum Gasteiger partial charge on any atom is -0.330 e. The standard InChI is InChI=1S/C10H12N4/c11-5-4-8-2-1-3-9(6-8)10-12-7-13-14-10/h1-3,6-7H,4-5,11H2,(H,12,13,14). The zero-order valence-corrected chi connectivity index (χ0v) is 7.77. The Hall–Kier alpha value is -1.68. The zero-order chi connectivity index (χ0) is 9.80. The molecule has 0 fully saturated rings. The van der Waals surface area contributed by atoms with E-state index in [9.17, 15) is 0 Å². The zero-order valence-electron chi connectivity index (χ0n) is 7.77. The SMILES string of the molecule is NCCc1cccc(-c2ncn[nH]2)c1. The fraction of sp³-hybridized carbons (Fsp3) is 0.200. The molecule has 0 atom stereocenters. The molecule has 2 rings (SSSR count). The number of benzene rings is 1. The molecule has 0 saturated carbocycles. The Kier molecular flexibility index (Phi) is 2.55. The van der Waals surface area contributed by atoms with Crippen LogP contribution in [0.5, 0.6) is 0 Å². The lowest BCUT2D eigenvalue weighted by molar-refractivity contribution is 0.968. The third-order valence-corrected chi connectivity index (χ3v) is 2.05. The van der Waals surface area contributed by atoms with Crippen molar-refractivity contribution in [3.63, 3.8) is 0 Å². The largest absolute Gasteiger partial charge is 0.330 e. The summed E-state index contributed by atoms with van der Waals surface area (Å²) in [5.41, 5.74) is 7.77. The number of nitrogens with one attached hydrogen (secondary N) is 1. The van der Waals surface area contributed by atoms with Crippen molar-refractivity contribution in [2.45, 2.75) is 6.42 Å². The molecule has 0 spiro atoms. The summed E-state index contributed by atoms with van der Waals surface area (Å²) in [7, 11) is 0. The molecule has 0 bridgehead atoms. The van der Waals surface area contributed by atoms with Gasteiger partial charge in [0.25, 0.3) is 0 Å². The van der Waals surface area contributed by atoms with Gasteiger partial charge < -0.3 is 5.73 Å². The van der Waals surface area contributed by atoms with Crippen LogP contribution in [-0.4, -0.2) is 21.7 Å². The monoisotopic (exact) mass is 188 g/mol. The fourth-order valence-electron chi connectivity index (χ4n) is 1.39. The van der Waals surface area contributed by atoms with Gasteiger partial charge in [-0.25, -0.2) is 4.98 Å². The van der Waals surface area contributed by atoms with Crippen LogP contribution in [0.15, 0.2) is 30.6 Å². The van der Waals surface area contributed by atoms with Crippen molar-refractivity contribution in [3.8, 4) is 11.4 Å². The summed E-state index contributed by atoms with van der Waals surface area (Å²) in [4.78, 5) is 4.09. The Morgan fingerprint density at radius 1 is 1.36 bits per heavy atom. The van der Waals surface area contributed by atoms with E-state index in [0.29, 0.717) is 6.54 Å². The predicted octanol–water partition coefficient (Wildman–Crippen LogP) is 0.973. The van der Waals surface area contributed by atoms with Crippen LogP contribution >= 0.6 is 0 Å². The van der Waals surface area contributed by atoms with Crippen LogP contribution in [0, 0.1) is 0 Å². The third kappa shape index (κ3) is 1.80. The first-order valence-corrected chi connectivity index (χ1v) is 4.55. The van der Waals surface area contributed by atoms with Crippen LogP contribution in [0.4, 0.5) is 0 Å². The molecule has 0 radical (unpaired) electrons. The molecule has 4 nitrogen and oxygen atoms in total. The van der Waals surface area contributed by atoms with E-state index in [-0.39, 0.29) is 0 Å². The van der Waals surface area contributed by atoms with Gasteiger partial charge in [0.2, 0.25) is 0 Å². The fourth-order valence-corrected chi connectivity index (χ4v) is 1.39. The highest BCUT2D eigenvalue weighted by molar-refractivity contribution is 5.55. The van der Waals surface area contributed by atoms with Crippen molar-refractivity contribution >= 4 is 0 Å². The molecule has 0 aliphatic heterocycles. The number of hydrogen-bond acceptors (Lipinski definition) is 3. The van der Waals surface area contributed by atoms with Gasteiger partial charge in [0.1, 0.15) is 6.33 Å².